The van der Waals surface area contributed by atoms with Crippen molar-refractivity contribution in [1.29, 1.82) is 0 Å². The highest BCUT2D eigenvalue weighted by molar-refractivity contribution is 7.99. The van der Waals surface area contributed by atoms with E-state index in [2.05, 4.69) is 15.5 Å². The van der Waals surface area contributed by atoms with Gasteiger partial charge in [0.05, 0.1) is 26.2 Å². The summed E-state index contributed by atoms with van der Waals surface area (Å²) in [6.07, 6.45) is 2.25. The summed E-state index contributed by atoms with van der Waals surface area (Å²) in [6, 6.07) is 16.6. The van der Waals surface area contributed by atoms with E-state index in [4.69, 9.17) is 25.5 Å². The molecule has 4 aromatic rings. The molecule has 0 aliphatic rings. The molecule has 0 spiro atoms. The van der Waals surface area contributed by atoms with Crippen molar-refractivity contribution in [2.75, 3.05) is 26.5 Å². The summed E-state index contributed by atoms with van der Waals surface area (Å²) >= 11 is 7.35. The maximum absolute atomic E-state index is 12.5. The topological polar surface area (TPSA) is 91.4 Å². The highest BCUT2D eigenvalue weighted by Gasteiger charge is 2.19. The minimum absolute atomic E-state index is 0.101. The molecule has 0 atom stereocenters. The highest BCUT2D eigenvalue weighted by Crippen LogP contribution is 2.29. The summed E-state index contributed by atoms with van der Waals surface area (Å²) < 4.78 is 17.9. The lowest BCUT2D eigenvalue weighted by molar-refractivity contribution is -0.118. The molecule has 4 rings (SSSR count). The molecular weight excluding hydrogens is 476 g/mol. The normalized spacial score (nSPS) is 10.8. The summed E-state index contributed by atoms with van der Waals surface area (Å²) in [5.74, 6) is 2.55. The van der Waals surface area contributed by atoms with Crippen LogP contribution in [-0.4, -0.2) is 47.2 Å². The standard InChI is InChI=1S/C24H23ClN4O4S/c1-31-19-10-5-16(14-21(19)32-2)11-12-26-22(30)15-34-24-28-27-23(20-4-3-13-33-20)29(24)18-8-6-17(25)7-9-18/h3-10,13-14H,11-12,15H2,1-2H3,(H,26,30). The van der Waals surface area contributed by atoms with Crippen LogP contribution >= 0.6 is 23.4 Å². The van der Waals surface area contributed by atoms with Gasteiger partial charge < -0.3 is 19.2 Å². The molecule has 0 fully saturated rings. The van der Waals surface area contributed by atoms with Crippen LogP contribution in [0.25, 0.3) is 17.3 Å². The summed E-state index contributed by atoms with van der Waals surface area (Å²) in [5.41, 5.74) is 1.85. The molecule has 1 amide bonds. The molecule has 10 heteroatoms. The first-order chi connectivity index (χ1) is 16.6. The van der Waals surface area contributed by atoms with E-state index in [1.54, 1.807) is 38.7 Å². The Bertz CT molecular complexity index is 1240. The molecular formula is C24H23ClN4O4S. The van der Waals surface area contributed by atoms with Gasteiger partial charge in [-0.3, -0.25) is 9.36 Å². The van der Waals surface area contributed by atoms with Crippen LogP contribution in [0.4, 0.5) is 0 Å². The van der Waals surface area contributed by atoms with Gasteiger partial charge in [0.1, 0.15) is 0 Å². The van der Waals surface area contributed by atoms with E-state index in [0.717, 1.165) is 11.3 Å². The van der Waals surface area contributed by atoms with Gasteiger partial charge >= 0.3 is 0 Å². The van der Waals surface area contributed by atoms with Crippen molar-refractivity contribution in [2.24, 2.45) is 0 Å². The molecule has 2 aromatic carbocycles. The molecule has 34 heavy (non-hydrogen) atoms. The molecule has 0 saturated heterocycles. The van der Waals surface area contributed by atoms with E-state index >= 15 is 0 Å². The number of methoxy groups -OCH3 is 2. The third kappa shape index (κ3) is 5.55. The fourth-order valence-electron chi connectivity index (χ4n) is 3.32. The summed E-state index contributed by atoms with van der Waals surface area (Å²) in [5, 5.41) is 12.7. The molecule has 176 valence electrons. The van der Waals surface area contributed by atoms with Gasteiger partial charge in [0.25, 0.3) is 0 Å². The number of nitrogens with one attached hydrogen (secondary N) is 1. The smallest absolute Gasteiger partial charge is 0.230 e. The van der Waals surface area contributed by atoms with Crippen LogP contribution in [0.15, 0.2) is 70.4 Å². The lowest BCUT2D eigenvalue weighted by Gasteiger charge is -2.11. The minimum atomic E-state index is -0.101. The molecule has 2 aromatic heterocycles. The van der Waals surface area contributed by atoms with Crippen molar-refractivity contribution in [3.63, 3.8) is 0 Å². The summed E-state index contributed by atoms with van der Waals surface area (Å²) in [6.45, 7) is 0.496. The Balaban J connectivity index is 1.39. The van der Waals surface area contributed by atoms with E-state index in [0.29, 0.717) is 46.2 Å². The number of carbonyl (C=O) groups is 1. The fourth-order valence-corrected chi connectivity index (χ4v) is 4.22. The number of hydrogen-bond acceptors (Lipinski definition) is 7. The first kappa shape index (κ1) is 23.7. The zero-order chi connectivity index (χ0) is 23.9. The van der Waals surface area contributed by atoms with Gasteiger partial charge in [-0.1, -0.05) is 29.4 Å². The molecule has 8 nitrogen and oxygen atoms in total. The van der Waals surface area contributed by atoms with Crippen LogP contribution < -0.4 is 14.8 Å². The molecule has 0 saturated carbocycles. The Hall–Kier alpha value is -3.43. The maximum Gasteiger partial charge on any atom is 0.230 e. The van der Waals surface area contributed by atoms with Gasteiger partial charge in [0.2, 0.25) is 11.7 Å². The zero-order valence-corrected chi connectivity index (χ0v) is 20.2. The van der Waals surface area contributed by atoms with Gasteiger partial charge in [-0.25, -0.2) is 0 Å². The first-order valence-corrected chi connectivity index (χ1v) is 11.8. The third-order valence-electron chi connectivity index (χ3n) is 4.98. The lowest BCUT2D eigenvalue weighted by Crippen LogP contribution is -2.27. The SMILES string of the molecule is COc1ccc(CCNC(=O)CSc2nnc(-c3ccco3)n2-c2ccc(Cl)cc2)cc1OC. The molecule has 0 unspecified atom stereocenters. The van der Waals surface area contributed by atoms with Crippen molar-refractivity contribution >= 4 is 29.3 Å². The number of benzene rings is 2. The highest BCUT2D eigenvalue weighted by atomic mass is 35.5. The van der Waals surface area contributed by atoms with Crippen LogP contribution in [0.2, 0.25) is 5.02 Å². The molecule has 0 radical (unpaired) electrons. The van der Waals surface area contributed by atoms with Crippen LogP contribution in [-0.2, 0) is 11.2 Å². The Morgan fingerprint density at radius 1 is 1.09 bits per heavy atom. The molecule has 0 aliphatic heterocycles. The number of ether oxygens (including phenoxy) is 2. The molecule has 0 aliphatic carbocycles. The third-order valence-corrected chi connectivity index (χ3v) is 6.16. The fraction of sp³-hybridized carbons (Fsp3) is 0.208. The monoisotopic (exact) mass is 498 g/mol. The van der Waals surface area contributed by atoms with E-state index in [-0.39, 0.29) is 11.7 Å². The molecule has 0 bridgehead atoms. The van der Waals surface area contributed by atoms with Crippen molar-refractivity contribution in [3.05, 3.63) is 71.4 Å². The van der Waals surface area contributed by atoms with Crippen molar-refractivity contribution in [2.45, 2.75) is 11.6 Å². The number of halogens is 1. The number of rotatable bonds is 10. The van der Waals surface area contributed by atoms with Crippen LogP contribution in [0.3, 0.4) is 0 Å². The molecule has 1 N–H and O–H groups in total. The number of thioether (sulfide) groups is 1. The molecule has 2 heterocycles. The predicted molar refractivity (Wildman–Crippen MR) is 131 cm³/mol. The van der Waals surface area contributed by atoms with E-state index in [9.17, 15) is 4.79 Å². The van der Waals surface area contributed by atoms with Crippen molar-refractivity contribution in [3.8, 4) is 28.8 Å². The van der Waals surface area contributed by atoms with E-state index < -0.39 is 0 Å². The second-order valence-electron chi connectivity index (χ2n) is 7.17. The van der Waals surface area contributed by atoms with Crippen LogP contribution in [0, 0.1) is 0 Å². The predicted octanol–water partition coefficient (Wildman–Crippen LogP) is 4.65. The number of carbonyl (C=O) groups excluding carboxylic acids is 1. The van der Waals surface area contributed by atoms with Gasteiger partial charge in [0.15, 0.2) is 22.4 Å². The number of hydrogen-bond donors (Lipinski definition) is 1. The Morgan fingerprint density at radius 2 is 1.88 bits per heavy atom. The van der Waals surface area contributed by atoms with Gasteiger partial charge in [-0.2, -0.15) is 0 Å². The van der Waals surface area contributed by atoms with Crippen LogP contribution in [0.5, 0.6) is 11.5 Å². The van der Waals surface area contributed by atoms with Gasteiger partial charge in [0, 0.05) is 17.3 Å². The summed E-state index contributed by atoms with van der Waals surface area (Å²) in [7, 11) is 3.20. The van der Waals surface area contributed by atoms with Crippen LogP contribution in [0.1, 0.15) is 5.56 Å². The Labute approximate surface area is 206 Å². The second kappa shape index (κ2) is 11.1. The first-order valence-electron chi connectivity index (χ1n) is 10.4. The number of aromatic nitrogens is 3. The van der Waals surface area contributed by atoms with Gasteiger partial charge in [-0.05, 0) is 60.5 Å². The quantitative estimate of drug-likeness (QED) is 0.318. The average Bonchev–Trinajstić information content (AvgIpc) is 3.53. The maximum atomic E-state index is 12.5. The number of nitrogens with zero attached hydrogens (tertiary/aromatic N) is 3. The lowest BCUT2D eigenvalue weighted by atomic mass is 10.1. The van der Waals surface area contributed by atoms with Gasteiger partial charge in [-0.15, -0.1) is 10.2 Å². The average molecular weight is 499 g/mol. The van der Waals surface area contributed by atoms with E-state index in [1.807, 2.05) is 41.0 Å². The number of amides is 1. The zero-order valence-electron chi connectivity index (χ0n) is 18.7. The second-order valence-corrected chi connectivity index (χ2v) is 8.55. The van der Waals surface area contributed by atoms with Crippen molar-refractivity contribution < 1.29 is 18.7 Å². The summed E-state index contributed by atoms with van der Waals surface area (Å²) in [4.78, 5) is 12.5. The van der Waals surface area contributed by atoms with Crippen molar-refractivity contribution in [1.82, 2.24) is 20.1 Å². The Kier molecular flexibility index (Phi) is 7.76. The Morgan fingerprint density at radius 3 is 2.59 bits per heavy atom. The van der Waals surface area contributed by atoms with E-state index in [1.165, 1.54) is 11.8 Å². The minimum Gasteiger partial charge on any atom is -0.493 e. The largest absolute Gasteiger partial charge is 0.493 e. The number of furan rings is 1.